The van der Waals surface area contributed by atoms with Crippen molar-refractivity contribution in [1.29, 1.82) is 0 Å². The van der Waals surface area contributed by atoms with Gasteiger partial charge in [0, 0.05) is 24.9 Å². The fraction of sp³-hybridized carbons (Fsp3) is 0.250. The third-order valence-corrected chi connectivity index (χ3v) is 3.68. The molecular formula is C12H10BrClFNO. The van der Waals surface area contributed by atoms with Crippen LogP contribution in [0.15, 0.2) is 29.3 Å². The van der Waals surface area contributed by atoms with Crippen molar-refractivity contribution in [1.82, 2.24) is 0 Å². The highest BCUT2D eigenvalue weighted by Crippen LogP contribution is 2.34. The second kappa shape index (κ2) is 4.78. The second-order valence-corrected chi connectivity index (χ2v) is 5.18. The summed E-state index contributed by atoms with van der Waals surface area (Å²) in [5.74, 6) is -0.386. The number of rotatable bonds is 2. The van der Waals surface area contributed by atoms with E-state index in [-0.39, 0.29) is 16.3 Å². The first-order chi connectivity index (χ1) is 8.02. The molecule has 1 aromatic carbocycles. The Morgan fingerprint density at radius 1 is 1.59 bits per heavy atom. The molecule has 0 bridgehead atoms. The number of carbonyl (C=O) groups excluding carboxylic acids is 1. The average Bonchev–Trinajstić information content (AvgIpc) is 2.65. The number of amides is 1. The molecule has 1 heterocycles. The highest BCUT2D eigenvalue weighted by atomic mass is 79.9. The van der Waals surface area contributed by atoms with Crippen LogP contribution in [-0.2, 0) is 4.79 Å². The Hall–Kier alpha value is -0.870. The minimum absolute atomic E-state index is 0.0569. The van der Waals surface area contributed by atoms with Crippen LogP contribution in [-0.4, -0.2) is 12.5 Å². The van der Waals surface area contributed by atoms with Gasteiger partial charge in [0.2, 0.25) is 5.91 Å². The number of hydrogen-bond donors (Lipinski definition) is 0. The summed E-state index contributed by atoms with van der Waals surface area (Å²) < 4.78 is 13.7. The SMILES string of the molecule is C=CC1CC(=O)N(c2cc(F)c(Br)cc2Cl)C1. The van der Waals surface area contributed by atoms with Crippen LogP contribution in [0.25, 0.3) is 0 Å². The molecule has 1 fully saturated rings. The van der Waals surface area contributed by atoms with Crippen LogP contribution in [0.4, 0.5) is 10.1 Å². The summed E-state index contributed by atoms with van der Waals surface area (Å²) in [5.41, 5.74) is 0.418. The summed E-state index contributed by atoms with van der Waals surface area (Å²) in [6.45, 7) is 4.17. The van der Waals surface area contributed by atoms with Crippen LogP contribution >= 0.6 is 27.5 Å². The lowest BCUT2D eigenvalue weighted by atomic mass is 10.1. The van der Waals surface area contributed by atoms with Crippen molar-refractivity contribution in [2.75, 3.05) is 11.4 Å². The molecule has 1 aliphatic rings. The maximum absolute atomic E-state index is 13.5. The predicted octanol–water partition coefficient (Wildman–Crippen LogP) is 3.78. The standard InChI is InChI=1S/C12H10BrClFNO/c1-2-7-3-12(17)16(6-7)11-5-10(15)8(13)4-9(11)14/h2,4-5,7H,1,3,6H2. The van der Waals surface area contributed by atoms with Gasteiger partial charge in [0.15, 0.2) is 0 Å². The summed E-state index contributed by atoms with van der Waals surface area (Å²) in [4.78, 5) is 13.3. The van der Waals surface area contributed by atoms with Crippen molar-refractivity contribution in [3.63, 3.8) is 0 Å². The Balaban J connectivity index is 2.38. The van der Waals surface area contributed by atoms with Gasteiger partial charge in [-0.05, 0) is 22.0 Å². The molecule has 1 unspecified atom stereocenters. The van der Waals surface area contributed by atoms with E-state index in [1.807, 2.05) is 0 Å². The first kappa shape index (κ1) is 12.6. The first-order valence-corrected chi connectivity index (χ1v) is 6.27. The molecule has 2 nitrogen and oxygen atoms in total. The smallest absolute Gasteiger partial charge is 0.227 e. The lowest BCUT2D eigenvalue weighted by molar-refractivity contribution is -0.117. The molecular weight excluding hydrogens is 308 g/mol. The zero-order valence-corrected chi connectivity index (χ0v) is 11.3. The van der Waals surface area contributed by atoms with Gasteiger partial charge < -0.3 is 4.90 Å². The fourth-order valence-electron chi connectivity index (χ4n) is 1.84. The molecule has 90 valence electrons. The summed E-state index contributed by atoms with van der Waals surface area (Å²) >= 11 is 9.07. The highest BCUT2D eigenvalue weighted by molar-refractivity contribution is 9.10. The predicted molar refractivity (Wildman–Crippen MR) is 69.8 cm³/mol. The van der Waals surface area contributed by atoms with E-state index in [1.165, 1.54) is 17.0 Å². The third kappa shape index (κ3) is 2.38. The van der Waals surface area contributed by atoms with Gasteiger partial charge in [-0.2, -0.15) is 0 Å². The monoisotopic (exact) mass is 317 g/mol. The Morgan fingerprint density at radius 2 is 2.29 bits per heavy atom. The van der Waals surface area contributed by atoms with Crippen LogP contribution < -0.4 is 4.90 Å². The molecule has 1 aliphatic heterocycles. The quantitative estimate of drug-likeness (QED) is 0.600. The molecule has 0 spiro atoms. The maximum Gasteiger partial charge on any atom is 0.227 e. The van der Waals surface area contributed by atoms with Crippen LogP contribution in [0.5, 0.6) is 0 Å². The zero-order chi connectivity index (χ0) is 12.6. The topological polar surface area (TPSA) is 20.3 Å². The van der Waals surface area contributed by atoms with E-state index in [0.717, 1.165) is 0 Å². The summed E-state index contributed by atoms with van der Waals surface area (Å²) in [6.07, 6.45) is 2.14. The van der Waals surface area contributed by atoms with Gasteiger partial charge in [-0.25, -0.2) is 4.39 Å². The van der Waals surface area contributed by atoms with Gasteiger partial charge >= 0.3 is 0 Å². The molecule has 5 heteroatoms. The Morgan fingerprint density at radius 3 is 2.88 bits per heavy atom. The van der Waals surface area contributed by atoms with Crippen molar-refractivity contribution in [2.24, 2.45) is 5.92 Å². The number of benzene rings is 1. The van der Waals surface area contributed by atoms with Crippen LogP contribution in [0.3, 0.4) is 0 Å². The molecule has 2 rings (SSSR count). The van der Waals surface area contributed by atoms with E-state index in [0.29, 0.717) is 23.7 Å². The largest absolute Gasteiger partial charge is 0.310 e. The molecule has 17 heavy (non-hydrogen) atoms. The Labute approximate surface area is 112 Å². The van der Waals surface area contributed by atoms with Gasteiger partial charge in [0.05, 0.1) is 15.2 Å². The number of anilines is 1. The van der Waals surface area contributed by atoms with Crippen molar-refractivity contribution >= 4 is 39.1 Å². The molecule has 1 amide bonds. The Kier molecular flexibility index (Phi) is 3.54. The van der Waals surface area contributed by atoms with E-state index in [1.54, 1.807) is 6.08 Å². The van der Waals surface area contributed by atoms with Crippen molar-refractivity contribution in [2.45, 2.75) is 6.42 Å². The van der Waals surface area contributed by atoms with Crippen LogP contribution in [0.2, 0.25) is 5.02 Å². The molecule has 1 aromatic rings. The van der Waals surface area contributed by atoms with Gasteiger partial charge in [-0.15, -0.1) is 6.58 Å². The van der Waals surface area contributed by atoms with E-state index in [2.05, 4.69) is 22.5 Å². The van der Waals surface area contributed by atoms with Crippen LogP contribution in [0, 0.1) is 11.7 Å². The van der Waals surface area contributed by atoms with Gasteiger partial charge in [-0.3, -0.25) is 4.79 Å². The molecule has 0 aliphatic carbocycles. The van der Waals surface area contributed by atoms with Crippen LogP contribution in [0.1, 0.15) is 6.42 Å². The van der Waals surface area contributed by atoms with Crippen molar-refractivity contribution in [3.05, 3.63) is 40.1 Å². The maximum atomic E-state index is 13.5. The van der Waals surface area contributed by atoms with Crippen molar-refractivity contribution < 1.29 is 9.18 Å². The molecule has 1 saturated heterocycles. The minimum atomic E-state index is -0.431. The molecule has 0 radical (unpaired) electrons. The summed E-state index contributed by atoms with van der Waals surface area (Å²) in [5, 5.41) is 0.358. The highest BCUT2D eigenvalue weighted by Gasteiger charge is 2.30. The van der Waals surface area contributed by atoms with E-state index < -0.39 is 5.82 Å². The molecule has 0 aromatic heterocycles. The number of carbonyl (C=O) groups is 1. The Bertz CT molecular complexity index is 492. The number of hydrogen-bond acceptors (Lipinski definition) is 1. The third-order valence-electron chi connectivity index (χ3n) is 2.77. The lowest BCUT2D eigenvalue weighted by Gasteiger charge is -2.18. The average molecular weight is 319 g/mol. The van der Waals surface area contributed by atoms with E-state index >= 15 is 0 Å². The van der Waals surface area contributed by atoms with Gasteiger partial charge in [0.1, 0.15) is 5.82 Å². The van der Waals surface area contributed by atoms with Gasteiger partial charge in [-0.1, -0.05) is 17.7 Å². The minimum Gasteiger partial charge on any atom is -0.310 e. The number of nitrogens with zero attached hydrogens (tertiary/aromatic N) is 1. The van der Waals surface area contributed by atoms with Crippen molar-refractivity contribution in [3.8, 4) is 0 Å². The number of halogens is 3. The summed E-state index contributed by atoms with van der Waals surface area (Å²) in [6, 6.07) is 2.73. The molecule has 1 atom stereocenters. The van der Waals surface area contributed by atoms with E-state index in [4.69, 9.17) is 11.6 Å². The zero-order valence-electron chi connectivity index (χ0n) is 8.92. The molecule has 0 saturated carbocycles. The fourth-order valence-corrected chi connectivity index (χ4v) is 2.59. The summed E-state index contributed by atoms with van der Waals surface area (Å²) in [7, 11) is 0. The normalized spacial score (nSPS) is 19.8. The van der Waals surface area contributed by atoms with E-state index in [9.17, 15) is 9.18 Å². The lowest BCUT2D eigenvalue weighted by Crippen LogP contribution is -2.24. The molecule has 0 N–H and O–H groups in total. The second-order valence-electron chi connectivity index (χ2n) is 3.92. The first-order valence-electron chi connectivity index (χ1n) is 5.10. The van der Waals surface area contributed by atoms with Gasteiger partial charge in [0.25, 0.3) is 0 Å².